The molecule has 5 nitrogen and oxygen atoms in total. The van der Waals surface area contributed by atoms with Crippen LogP contribution in [0.5, 0.6) is 0 Å². The van der Waals surface area contributed by atoms with Gasteiger partial charge in [-0.05, 0) is 12.8 Å². The average molecular weight is 258 g/mol. The first-order valence-electron chi connectivity index (χ1n) is 6.67. The van der Waals surface area contributed by atoms with Crippen LogP contribution in [0.25, 0.3) is 0 Å². The van der Waals surface area contributed by atoms with Crippen LogP contribution >= 0.6 is 0 Å². The molecule has 0 aromatic carbocycles. The molecule has 5 heteroatoms. The fourth-order valence-corrected chi connectivity index (χ4v) is 2.50. The lowest BCUT2D eigenvalue weighted by atomic mass is 10.0. The summed E-state index contributed by atoms with van der Waals surface area (Å²) in [6.07, 6.45) is 0. The lowest BCUT2D eigenvalue weighted by Crippen LogP contribution is -2.56. The van der Waals surface area contributed by atoms with E-state index in [1.807, 2.05) is 4.90 Å². The second-order valence-electron chi connectivity index (χ2n) is 5.35. The molecule has 1 saturated heterocycles. The maximum absolute atomic E-state index is 10.9. The average Bonchev–Trinajstić information content (AvgIpc) is 2.35. The number of hydrogen-bond donors (Lipinski definition) is 1. The number of carboxylic acid groups (broad SMARTS) is 1. The quantitative estimate of drug-likeness (QED) is 0.762. The fourth-order valence-electron chi connectivity index (χ4n) is 2.50. The molecule has 1 heterocycles. The van der Waals surface area contributed by atoms with E-state index in [0.29, 0.717) is 12.0 Å². The summed E-state index contributed by atoms with van der Waals surface area (Å²) in [7, 11) is 1.73. The number of methoxy groups -OCH3 is 1. The number of aliphatic carboxylic acids is 1. The third-order valence-corrected chi connectivity index (χ3v) is 3.83. The van der Waals surface area contributed by atoms with Crippen molar-refractivity contribution >= 4 is 5.97 Å². The Morgan fingerprint density at radius 2 is 1.67 bits per heavy atom. The minimum Gasteiger partial charge on any atom is -0.480 e. The van der Waals surface area contributed by atoms with E-state index in [1.165, 1.54) is 0 Å². The van der Waals surface area contributed by atoms with Crippen LogP contribution in [0.4, 0.5) is 0 Å². The van der Waals surface area contributed by atoms with Crippen LogP contribution in [0, 0.1) is 5.92 Å². The Hall–Kier alpha value is -0.650. The standard InChI is InChI=1S/C13H26N2O3/c1-10(2)12(9-18-4)15-7-5-14(6-8-15)11(3)13(16)17/h10-12H,5-9H2,1-4H3,(H,16,17). The summed E-state index contributed by atoms with van der Waals surface area (Å²) >= 11 is 0. The van der Waals surface area contributed by atoms with E-state index in [1.54, 1.807) is 14.0 Å². The Kier molecular flexibility index (Phi) is 6.05. The van der Waals surface area contributed by atoms with E-state index < -0.39 is 5.97 Å². The van der Waals surface area contributed by atoms with Crippen LogP contribution in [0.1, 0.15) is 20.8 Å². The smallest absolute Gasteiger partial charge is 0.320 e. The molecule has 106 valence electrons. The fraction of sp³-hybridized carbons (Fsp3) is 0.923. The van der Waals surface area contributed by atoms with Gasteiger partial charge < -0.3 is 9.84 Å². The predicted molar refractivity (Wildman–Crippen MR) is 70.7 cm³/mol. The molecule has 1 N–H and O–H groups in total. The van der Waals surface area contributed by atoms with Crippen molar-refractivity contribution < 1.29 is 14.6 Å². The van der Waals surface area contributed by atoms with Gasteiger partial charge in [-0.25, -0.2) is 0 Å². The Morgan fingerprint density at radius 3 is 2.06 bits per heavy atom. The van der Waals surface area contributed by atoms with Crippen molar-refractivity contribution in [1.82, 2.24) is 9.80 Å². The van der Waals surface area contributed by atoms with Crippen molar-refractivity contribution in [2.24, 2.45) is 5.92 Å². The number of piperazine rings is 1. The maximum Gasteiger partial charge on any atom is 0.320 e. The number of hydrogen-bond acceptors (Lipinski definition) is 4. The molecule has 0 radical (unpaired) electrons. The van der Waals surface area contributed by atoms with Gasteiger partial charge in [0.05, 0.1) is 6.61 Å². The number of carboxylic acids is 1. The predicted octanol–water partition coefficient (Wildman–Crippen LogP) is 0.748. The summed E-state index contributed by atoms with van der Waals surface area (Å²) in [6.45, 7) is 10.4. The van der Waals surface area contributed by atoms with Crippen molar-refractivity contribution in [2.75, 3.05) is 39.9 Å². The molecule has 18 heavy (non-hydrogen) atoms. The third kappa shape index (κ3) is 3.93. The van der Waals surface area contributed by atoms with Gasteiger partial charge in [-0.15, -0.1) is 0 Å². The molecular formula is C13H26N2O3. The highest BCUT2D eigenvalue weighted by atomic mass is 16.5. The summed E-state index contributed by atoms with van der Waals surface area (Å²) in [4.78, 5) is 15.4. The van der Waals surface area contributed by atoms with E-state index in [4.69, 9.17) is 9.84 Å². The first kappa shape index (κ1) is 15.4. The van der Waals surface area contributed by atoms with Crippen molar-refractivity contribution in [1.29, 1.82) is 0 Å². The number of ether oxygens (including phenoxy) is 1. The van der Waals surface area contributed by atoms with Gasteiger partial charge in [0.1, 0.15) is 6.04 Å². The van der Waals surface area contributed by atoms with Gasteiger partial charge in [-0.3, -0.25) is 14.6 Å². The highest BCUT2D eigenvalue weighted by Gasteiger charge is 2.29. The van der Waals surface area contributed by atoms with E-state index in [2.05, 4.69) is 18.7 Å². The largest absolute Gasteiger partial charge is 0.480 e. The molecule has 0 aromatic rings. The van der Waals surface area contributed by atoms with Gasteiger partial charge in [0.15, 0.2) is 0 Å². The van der Waals surface area contributed by atoms with Crippen molar-refractivity contribution in [3.63, 3.8) is 0 Å². The van der Waals surface area contributed by atoms with Gasteiger partial charge in [0.25, 0.3) is 0 Å². The SMILES string of the molecule is COCC(C(C)C)N1CCN(C(C)C(=O)O)CC1. The molecule has 0 amide bonds. The molecule has 0 spiro atoms. The Labute approximate surface area is 110 Å². The summed E-state index contributed by atoms with van der Waals surface area (Å²) < 4.78 is 5.28. The normalized spacial score (nSPS) is 22.1. The summed E-state index contributed by atoms with van der Waals surface area (Å²) in [5.74, 6) is -0.186. The molecule has 1 aliphatic heterocycles. The molecular weight excluding hydrogens is 232 g/mol. The van der Waals surface area contributed by atoms with Crippen LogP contribution in [0.15, 0.2) is 0 Å². The second kappa shape index (κ2) is 7.07. The van der Waals surface area contributed by atoms with E-state index in [-0.39, 0.29) is 6.04 Å². The van der Waals surface area contributed by atoms with E-state index in [9.17, 15) is 4.79 Å². The lowest BCUT2D eigenvalue weighted by molar-refractivity contribution is -0.143. The van der Waals surface area contributed by atoms with E-state index >= 15 is 0 Å². The number of rotatable bonds is 6. The minimum absolute atomic E-state index is 0.382. The third-order valence-electron chi connectivity index (χ3n) is 3.83. The second-order valence-corrected chi connectivity index (χ2v) is 5.35. The molecule has 1 aliphatic rings. The van der Waals surface area contributed by atoms with Crippen LogP contribution in [0.3, 0.4) is 0 Å². The first-order valence-corrected chi connectivity index (χ1v) is 6.67. The van der Waals surface area contributed by atoms with Gasteiger partial charge >= 0.3 is 5.97 Å². The number of nitrogens with zero attached hydrogens (tertiary/aromatic N) is 2. The van der Waals surface area contributed by atoms with Crippen LogP contribution < -0.4 is 0 Å². The molecule has 0 aliphatic carbocycles. The Bertz CT molecular complexity index is 263. The molecule has 2 atom stereocenters. The molecule has 0 saturated carbocycles. The van der Waals surface area contributed by atoms with E-state index in [0.717, 1.165) is 32.8 Å². The molecule has 0 bridgehead atoms. The summed E-state index contributed by atoms with van der Waals surface area (Å²) in [5.41, 5.74) is 0. The molecule has 0 aromatic heterocycles. The molecule has 1 fully saturated rings. The summed E-state index contributed by atoms with van der Waals surface area (Å²) in [6, 6.07) is 0.0457. The van der Waals surface area contributed by atoms with Gasteiger partial charge in [-0.2, -0.15) is 0 Å². The van der Waals surface area contributed by atoms with Crippen LogP contribution in [0.2, 0.25) is 0 Å². The lowest BCUT2D eigenvalue weighted by Gasteiger charge is -2.41. The van der Waals surface area contributed by atoms with Crippen molar-refractivity contribution in [2.45, 2.75) is 32.9 Å². The monoisotopic (exact) mass is 258 g/mol. The minimum atomic E-state index is -0.735. The van der Waals surface area contributed by atoms with Gasteiger partial charge in [-0.1, -0.05) is 13.8 Å². The molecule has 2 unspecified atom stereocenters. The zero-order valence-electron chi connectivity index (χ0n) is 11.9. The maximum atomic E-state index is 10.9. The highest BCUT2D eigenvalue weighted by molar-refractivity contribution is 5.72. The van der Waals surface area contributed by atoms with Crippen LogP contribution in [-0.4, -0.2) is 72.9 Å². The zero-order chi connectivity index (χ0) is 13.7. The first-order chi connectivity index (χ1) is 8.47. The summed E-state index contributed by atoms with van der Waals surface area (Å²) in [5, 5.41) is 9.01. The Morgan fingerprint density at radius 1 is 1.17 bits per heavy atom. The van der Waals surface area contributed by atoms with Crippen molar-refractivity contribution in [3.05, 3.63) is 0 Å². The molecule has 1 rings (SSSR count). The van der Waals surface area contributed by atoms with Gasteiger partial charge in [0, 0.05) is 39.3 Å². The Balaban J connectivity index is 2.49. The van der Waals surface area contributed by atoms with Crippen molar-refractivity contribution in [3.8, 4) is 0 Å². The van der Waals surface area contributed by atoms with Gasteiger partial charge in [0.2, 0.25) is 0 Å². The zero-order valence-corrected chi connectivity index (χ0v) is 11.9. The highest BCUT2D eigenvalue weighted by Crippen LogP contribution is 2.15. The number of carbonyl (C=O) groups is 1. The topological polar surface area (TPSA) is 53.0 Å². The van der Waals surface area contributed by atoms with Crippen LogP contribution in [-0.2, 0) is 9.53 Å².